The third-order valence-corrected chi connectivity index (χ3v) is 6.56. The van der Waals surface area contributed by atoms with Gasteiger partial charge in [0.1, 0.15) is 17.9 Å². The summed E-state index contributed by atoms with van der Waals surface area (Å²) in [6.45, 7) is 2.04. The first-order valence-electron chi connectivity index (χ1n) is 12.3. The highest BCUT2D eigenvalue weighted by molar-refractivity contribution is 5.97. The Balaban J connectivity index is 1.44. The van der Waals surface area contributed by atoms with Crippen LogP contribution < -0.4 is 5.43 Å². The second kappa shape index (κ2) is 10.4. The summed E-state index contributed by atoms with van der Waals surface area (Å²) in [6, 6.07) is 20.3. The summed E-state index contributed by atoms with van der Waals surface area (Å²) in [4.78, 5) is 43.2. The van der Waals surface area contributed by atoms with Gasteiger partial charge in [-0.3, -0.25) is 14.4 Å². The molecule has 7 heteroatoms. The SMILES string of the molecule is Cc1ccc2occ(CN(Cc3ccccc3)C(=O)CN(C(=O)c3cccc(F)c3)C3CC3)c(=O)c2c1. The van der Waals surface area contributed by atoms with Gasteiger partial charge in [-0.25, -0.2) is 4.39 Å². The summed E-state index contributed by atoms with van der Waals surface area (Å²) in [5.74, 6) is -1.18. The lowest BCUT2D eigenvalue weighted by molar-refractivity contribution is -0.133. The van der Waals surface area contributed by atoms with E-state index < -0.39 is 5.82 Å². The Morgan fingerprint density at radius 1 is 0.973 bits per heavy atom. The molecular weight excluding hydrogens is 471 g/mol. The lowest BCUT2D eigenvalue weighted by Gasteiger charge is -2.28. The summed E-state index contributed by atoms with van der Waals surface area (Å²) in [5, 5.41) is 0.463. The van der Waals surface area contributed by atoms with Gasteiger partial charge in [0.25, 0.3) is 5.91 Å². The van der Waals surface area contributed by atoms with Crippen molar-refractivity contribution in [3.8, 4) is 0 Å². The predicted octanol–water partition coefficient (Wildman–Crippen LogP) is 5.07. The van der Waals surface area contributed by atoms with Crippen LogP contribution in [0.1, 0.15) is 39.9 Å². The highest BCUT2D eigenvalue weighted by atomic mass is 19.1. The summed E-state index contributed by atoms with van der Waals surface area (Å²) in [7, 11) is 0. The summed E-state index contributed by atoms with van der Waals surface area (Å²) in [5.41, 5.74) is 2.69. The first kappa shape index (κ1) is 24.4. The number of aryl methyl sites for hydroxylation is 1. The second-order valence-corrected chi connectivity index (χ2v) is 9.50. The average Bonchev–Trinajstić information content (AvgIpc) is 3.74. The zero-order valence-electron chi connectivity index (χ0n) is 20.5. The third-order valence-electron chi connectivity index (χ3n) is 6.56. The molecule has 2 amide bonds. The first-order valence-corrected chi connectivity index (χ1v) is 12.3. The standard InChI is InChI=1S/C30H27FN2O4/c1-20-10-13-27-26(14-20)29(35)23(19-37-27)17-32(16-21-6-3-2-4-7-21)28(34)18-33(25-11-12-25)30(36)22-8-5-9-24(31)15-22/h2-10,13-15,19,25H,11-12,16-18H2,1H3. The Bertz CT molecular complexity index is 1510. The van der Waals surface area contributed by atoms with Crippen molar-refractivity contribution in [1.29, 1.82) is 0 Å². The molecule has 1 aliphatic rings. The van der Waals surface area contributed by atoms with E-state index in [-0.39, 0.29) is 48.5 Å². The summed E-state index contributed by atoms with van der Waals surface area (Å²) in [6.07, 6.45) is 2.99. The van der Waals surface area contributed by atoms with E-state index in [9.17, 15) is 18.8 Å². The number of hydrogen-bond donors (Lipinski definition) is 0. The molecule has 1 aromatic heterocycles. The van der Waals surface area contributed by atoms with E-state index in [2.05, 4.69) is 0 Å². The van der Waals surface area contributed by atoms with E-state index >= 15 is 0 Å². The maximum Gasteiger partial charge on any atom is 0.254 e. The van der Waals surface area contributed by atoms with Crippen molar-refractivity contribution in [2.24, 2.45) is 0 Å². The Morgan fingerprint density at radius 3 is 2.49 bits per heavy atom. The molecule has 6 nitrogen and oxygen atoms in total. The fourth-order valence-electron chi connectivity index (χ4n) is 4.42. The third kappa shape index (κ3) is 5.61. The molecule has 1 aliphatic carbocycles. The monoisotopic (exact) mass is 498 g/mol. The molecule has 0 unspecified atom stereocenters. The minimum Gasteiger partial charge on any atom is -0.464 e. The van der Waals surface area contributed by atoms with Crippen molar-refractivity contribution in [1.82, 2.24) is 9.80 Å². The van der Waals surface area contributed by atoms with Gasteiger partial charge in [0.05, 0.1) is 23.8 Å². The van der Waals surface area contributed by atoms with Crippen LogP contribution in [-0.4, -0.2) is 34.2 Å². The van der Waals surface area contributed by atoms with E-state index in [1.54, 1.807) is 23.1 Å². The summed E-state index contributed by atoms with van der Waals surface area (Å²) < 4.78 is 19.5. The van der Waals surface area contributed by atoms with Crippen LogP contribution in [-0.2, 0) is 17.9 Å². The van der Waals surface area contributed by atoms with Crippen LogP contribution in [0.15, 0.2) is 88.3 Å². The van der Waals surface area contributed by atoms with Crippen LogP contribution in [0.25, 0.3) is 11.0 Å². The molecule has 4 aromatic rings. The number of amides is 2. The number of fused-ring (bicyclic) bond motifs is 1. The number of benzene rings is 3. The van der Waals surface area contributed by atoms with Gasteiger partial charge in [-0.05, 0) is 55.7 Å². The molecule has 0 radical (unpaired) electrons. The molecule has 37 heavy (non-hydrogen) atoms. The zero-order chi connectivity index (χ0) is 25.9. The lowest BCUT2D eigenvalue weighted by Crippen LogP contribution is -2.44. The first-order chi connectivity index (χ1) is 17.9. The molecule has 188 valence electrons. The molecule has 0 N–H and O–H groups in total. The second-order valence-electron chi connectivity index (χ2n) is 9.50. The van der Waals surface area contributed by atoms with Gasteiger partial charge in [0.2, 0.25) is 5.91 Å². The maximum absolute atomic E-state index is 13.8. The highest BCUT2D eigenvalue weighted by Crippen LogP contribution is 2.28. The van der Waals surface area contributed by atoms with Crippen molar-refractivity contribution in [2.75, 3.05) is 6.54 Å². The zero-order valence-corrected chi connectivity index (χ0v) is 20.5. The quantitative estimate of drug-likeness (QED) is 0.340. The smallest absolute Gasteiger partial charge is 0.254 e. The van der Waals surface area contributed by atoms with Crippen LogP contribution in [0.4, 0.5) is 4.39 Å². The normalized spacial score (nSPS) is 12.9. The van der Waals surface area contributed by atoms with Gasteiger partial charge in [0, 0.05) is 18.2 Å². The van der Waals surface area contributed by atoms with Gasteiger partial charge >= 0.3 is 0 Å². The molecule has 0 atom stereocenters. The van der Waals surface area contributed by atoms with Gasteiger partial charge in [-0.15, -0.1) is 0 Å². The molecule has 0 aliphatic heterocycles. The van der Waals surface area contributed by atoms with Crippen molar-refractivity contribution in [3.63, 3.8) is 0 Å². The van der Waals surface area contributed by atoms with Crippen LogP contribution in [0.3, 0.4) is 0 Å². The Morgan fingerprint density at radius 2 is 1.76 bits per heavy atom. The number of carbonyl (C=O) groups excluding carboxylic acids is 2. The van der Waals surface area contributed by atoms with Crippen molar-refractivity contribution in [2.45, 2.75) is 38.9 Å². The molecule has 1 saturated carbocycles. The minimum atomic E-state index is -0.503. The molecule has 3 aromatic carbocycles. The Kier molecular flexibility index (Phi) is 6.86. The van der Waals surface area contributed by atoms with E-state index in [1.165, 1.54) is 29.4 Å². The van der Waals surface area contributed by atoms with Crippen molar-refractivity contribution >= 4 is 22.8 Å². The van der Waals surface area contributed by atoms with Crippen LogP contribution >= 0.6 is 0 Å². The number of hydrogen-bond acceptors (Lipinski definition) is 4. The fraction of sp³-hybridized carbons (Fsp3) is 0.233. The largest absolute Gasteiger partial charge is 0.464 e. The lowest BCUT2D eigenvalue weighted by atomic mass is 10.1. The highest BCUT2D eigenvalue weighted by Gasteiger charge is 2.35. The fourth-order valence-corrected chi connectivity index (χ4v) is 4.42. The molecule has 0 bridgehead atoms. The molecule has 0 saturated heterocycles. The van der Waals surface area contributed by atoms with E-state index in [0.29, 0.717) is 16.5 Å². The number of nitrogens with zero attached hydrogens (tertiary/aromatic N) is 2. The summed E-state index contributed by atoms with van der Waals surface area (Å²) >= 11 is 0. The topological polar surface area (TPSA) is 70.8 Å². The Hall–Kier alpha value is -4.26. The van der Waals surface area contributed by atoms with Crippen molar-refractivity contribution in [3.05, 3.63) is 117 Å². The molecular formula is C30H27FN2O4. The van der Waals surface area contributed by atoms with Gasteiger partial charge in [-0.1, -0.05) is 48.0 Å². The number of halogens is 1. The molecule has 0 spiro atoms. The van der Waals surface area contributed by atoms with Gasteiger partial charge in [0.15, 0.2) is 5.43 Å². The molecule has 1 heterocycles. The predicted molar refractivity (Wildman–Crippen MR) is 138 cm³/mol. The van der Waals surface area contributed by atoms with Crippen LogP contribution in [0.5, 0.6) is 0 Å². The molecule has 5 rings (SSSR count). The van der Waals surface area contributed by atoms with Crippen LogP contribution in [0, 0.1) is 12.7 Å². The van der Waals surface area contributed by atoms with Gasteiger partial charge < -0.3 is 14.2 Å². The molecule has 1 fully saturated rings. The van der Waals surface area contributed by atoms with E-state index in [0.717, 1.165) is 24.0 Å². The van der Waals surface area contributed by atoms with E-state index in [1.807, 2.05) is 43.3 Å². The average molecular weight is 499 g/mol. The van der Waals surface area contributed by atoms with E-state index in [4.69, 9.17) is 4.42 Å². The number of carbonyl (C=O) groups is 2. The van der Waals surface area contributed by atoms with Crippen molar-refractivity contribution < 1.29 is 18.4 Å². The minimum absolute atomic E-state index is 0.0343. The maximum atomic E-state index is 13.8. The van der Waals surface area contributed by atoms with Gasteiger partial charge in [-0.2, -0.15) is 0 Å². The number of rotatable bonds is 8. The Labute approximate surface area is 213 Å². The van der Waals surface area contributed by atoms with Crippen LogP contribution in [0.2, 0.25) is 0 Å².